The molecule has 0 unspecified atom stereocenters. The zero-order valence-electron chi connectivity index (χ0n) is 17.2. The third-order valence-electron chi connectivity index (χ3n) is 8.04. The summed E-state index contributed by atoms with van der Waals surface area (Å²) in [6.45, 7) is 5.79. The maximum Gasteiger partial charge on any atom is 0.220 e. The minimum Gasteiger partial charge on any atom is -0.349 e. The molecule has 3 aliphatic carbocycles. The predicted octanol–water partition coefficient (Wildman–Crippen LogP) is 4.84. The van der Waals surface area contributed by atoms with E-state index in [4.69, 9.17) is 0 Å². The second-order valence-electron chi connectivity index (χ2n) is 9.78. The zero-order valence-corrected chi connectivity index (χ0v) is 17.2. The molecule has 0 radical (unpaired) electrons. The largest absolute Gasteiger partial charge is 0.349 e. The number of fused-ring (bicyclic) bond motifs is 4. The van der Waals surface area contributed by atoms with Crippen molar-refractivity contribution in [1.29, 1.82) is 0 Å². The third kappa shape index (κ3) is 3.22. The van der Waals surface area contributed by atoms with Crippen LogP contribution in [0.3, 0.4) is 0 Å². The van der Waals surface area contributed by atoms with E-state index in [0.29, 0.717) is 6.42 Å². The van der Waals surface area contributed by atoms with E-state index in [9.17, 15) is 4.79 Å². The maximum absolute atomic E-state index is 12.3. The number of benzene rings is 1. The molecule has 1 aromatic rings. The summed E-state index contributed by atoms with van der Waals surface area (Å²) in [4.78, 5) is 15.0. The van der Waals surface area contributed by atoms with Crippen molar-refractivity contribution in [2.45, 2.75) is 63.3 Å². The number of rotatable bonds is 5. The number of likely N-dealkylation sites (tertiary alicyclic amines) is 1. The Balaban J connectivity index is 0.00000205. The molecule has 4 atom stereocenters. The summed E-state index contributed by atoms with van der Waals surface area (Å²) in [5.74, 6) is 2.83. The highest BCUT2D eigenvalue weighted by molar-refractivity contribution is 5.76. The monoisotopic (exact) mass is 380 g/mol. The number of nitrogens with zero attached hydrogens (tertiary/aromatic N) is 1. The molecule has 4 aliphatic rings. The van der Waals surface area contributed by atoms with Crippen LogP contribution in [0.1, 0.15) is 70.5 Å². The number of carbonyl (C=O) groups excluding carboxylic acids is 1. The Hall–Kier alpha value is -1.61. The van der Waals surface area contributed by atoms with Gasteiger partial charge in [0.2, 0.25) is 5.91 Å². The Labute approximate surface area is 171 Å². The number of piperidine rings is 1. The smallest absolute Gasteiger partial charge is 0.220 e. The lowest BCUT2D eigenvalue weighted by molar-refractivity contribution is -0.121. The van der Waals surface area contributed by atoms with Gasteiger partial charge >= 0.3 is 0 Å². The van der Waals surface area contributed by atoms with Crippen molar-refractivity contribution in [3.05, 3.63) is 47.5 Å². The number of hydrogen-bond donors (Lipinski definition) is 1. The fraction of sp³-hybridized carbons (Fsp3) is 0.640. The van der Waals surface area contributed by atoms with E-state index in [1.54, 1.807) is 0 Å². The van der Waals surface area contributed by atoms with Crippen LogP contribution in [-0.2, 0) is 10.2 Å². The van der Waals surface area contributed by atoms with Crippen molar-refractivity contribution >= 4 is 5.91 Å². The first kappa shape index (κ1) is 18.4. The Morgan fingerprint density at radius 1 is 1.21 bits per heavy atom. The molecular weight excluding hydrogens is 344 g/mol. The van der Waals surface area contributed by atoms with Crippen LogP contribution in [0.5, 0.6) is 0 Å². The molecule has 1 amide bonds. The Morgan fingerprint density at radius 3 is 2.75 bits per heavy atom. The Kier molecular flexibility index (Phi) is 4.82. The first-order valence-corrected chi connectivity index (χ1v) is 11.5. The topological polar surface area (TPSA) is 32.3 Å². The average Bonchev–Trinajstić information content (AvgIpc) is 3.39. The molecule has 1 aliphatic heterocycles. The van der Waals surface area contributed by atoms with Crippen LogP contribution in [0.25, 0.3) is 0 Å². The minimum atomic E-state index is 0. The van der Waals surface area contributed by atoms with Crippen LogP contribution in [0.2, 0.25) is 0 Å². The highest BCUT2D eigenvalue weighted by Crippen LogP contribution is 2.51. The SMILES string of the molecule is CCCC(=O)N[C@H]1CC2(CCN(C[C@@H]3C[C@H]4C=C[C@H]3C4)CC2)c2ccccc21.[HH]. The van der Waals surface area contributed by atoms with Gasteiger partial charge in [0.25, 0.3) is 0 Å². The predicted molar refractivity (Wildman–Crippen MR) is 115 cm³/mol. The van der Waals surface area contributed by atoms with Crippen LogP contribution in [0.15, 0.2) is 36.4 Å². The van der Waals surface area contributed by atoms with Crippen LogP contribution in [0.4, 0.5) is 0 Å². The number of carbonyl (C=O) groups is 1. The molecule has 1 saturated carbocycles. The minimum absolute atomic E-state index is 0. The summed E-state index contributed by atoms with van der Waals surface area (Å²) in [6.07, 6.45) is 12.9. The van der Waals surface area contributed by atoms with Gasteiger partial charge in [-0.3, -0.25) is 4.79 Å². The number of allylic oxidation sites excluding steroid dienone is 2. The third-order valence-corrected chi connectivity index (χ3v) is 8.04. The molecule has 2 bridgehead atoms. The number of amides is 1. The molecule has 1 heterocycles. The van der Waals surface area contributed by atoms with Gasteiger partial charge in [-0.15, -0.1) is 0 Å². The van der Waals surface area contributed by atoms with Crippen molar-refractivity contribution in [2.24, 2.45) is 17.8 Å². The van der Waals surface area contributed by atoms with Gasteiger partial charge in [-0.05, 0) is 80.5 Å². The first-order chi connectivity index (χ1) is 13.7. The lowest BCUT2D eigenvalue weighted by atomic mass is 9.73. The molecule has 1 spiro atoms. The summed E-state index contributed by atoms with van der Waals surface area (Å²) in [5, 5.41) is 3.34. The molecule has 3 heteroatoms. The normalized spacial score (nSPS) is 32.8. The van der Waals surface area contributed by atoms with E-state index in [1.807, 2.05) is 0 Å². The van der Waals surface area contributed by atoms with Gasteiger partial charge in [-0.2, -0.15) is 0 Å². The summed E-state index contributed by atoms with van der Waals surface area (Å²) in [6, 6.07) is 9.10. The molecule has 0 aromatic heterocycles. The Bertz CT molecular complexity index is 768. The van der Waals surface area contributed by atoms with Crippen molar-refractivity contribution in [2.75, 3.05) is 19.6 Å². The van der Waals surface area contributed by atoms with E-state index in [1.165, 1.54) is 56.4 Å². The Morgan fingerprint density at radius 2 is 2.04 bits per heavy atom. The van der Waals surface area contributed by atoms with Crippen molar-refractivity contribution in [3.8, 4) is 0 Å². The summed E-state index contributed by atoms with van der Waals surface area (Å²) in [5.41, 5.74) is 3.16. The standard InChI is InChI=1S/C25H34N2O.H2/c1-2-5-24(28)26-23-16-25(22-7-4-3-6-21(22)23)10-12-27(13-11-25)17-20-15-18-8-9-19(20)14-18;/h3-4,6-9,18-20,23H,2,5,10-17H2,1H3,(H,26,28);1H/t18-,19-,20-,23-;/m0./s1. The molecule has 5 rings (SSSR count). The lowest BCUT2D eigenvalue weighted by Gasteiger charge is -2.41. The van der Waals surface area contributed by atoms with Gasteiger partial charge in [0.1, 0.15) is 0 Å². The summed E-state index contributed by atoms with van der Waals surface area (Å²) in [7, 11) is 0. The van der Waals surface area contributed by atoms with Crippen molar-refractivity contribution in [1.82, 2.24) is 10.2 Å². The van der Waals surface area contributed by atoms with E-state index >= 15 is 0 Å². The van der Waals surface area contributed by atoms with Gasteiger partial charge < -0.3 is 10.2 Å². The van der Waals surface area contributed by atoms with Gasteiger partial charge in [-0.25, -0.2) is 0 Å². The quantitative estimate of drug-likeness (QED) is 0.741. The molecular formula is C25H36N2O. The molecule has 1 N–H and O–H groups in total. The van der Waals surface area contributed by atoms with Crippen LogP contribution >= 0.6 is 0 Å². The van der Waals surface area contributed by atoms with Gasteiger partial charge in [0.15, 0.2) is 0 Å². The van der Waals surface area contributed by atoms with E-state index in [0.717, 1.165) is 30.6 Å². The fourth-order valence-electron chi connectivity index (χ4n) is 6.59. The van der Waals surface area contributed by atoms with Crippen molar-refractivity contribution < 1.29 is 6.22 Å². The van der Waals surface area contributed by atoms with E-state index in [2.05, 4.69) is 53.6 Å². The van der Waals surface area contributed by atoms with Crippen molar-refractivity contribution in [3.63, 3.8) is 0 Å². The second-order valence-corrected chi connectivity index (χ2v) is 9.78. The van der Waals surface area contributed by atoms with Crippen LogP contribution in [0, 0.1) is 17.8 Å². The molecule has 152 valence electrons. The molecule has 1 saturated heterocycles. The first-order valence-electron chi connectivity index (χ1n) is 11.5. The second kappa shape index (κ2) is 7.33. The number of hydrogen-bond acceptors (Lipinski definition) is 2. The van der Waals surface area contributed by atoms with Crippen LogP contribution < -0.4 is 5.32 Å². The summed E-state index contributed by atoms with van der Waals surface area (Å²) >= 11 is 0. The van der Waals surface area contributed by atoms with Gasteiger partial charge in [0.05, 0.1) is 6.04 Å². The molecule has 28 heavy (non-hydrogen) atoms. The fourth-order valence-corrected chi connectivity index (χ4v) is 6.59. The lowest BCUT2D eigenvalue weighted by Crippen LogP contribution is -2.44. The summed E-state index contributed by atoms with van der Waals surface area (Å²) < 4.78 is 0. The highest BCUT2D eigenvalue weighted by Gasteiger charge is 2.46. The van der Waals surface area contributed by atoms with E-state index < -0.39 is 0 Å². The van der Waals surface area contributed by atoms with Gasteiger partial charge in [0, 0.05) is 19.8 Å². The average molecular weight is 381 g/mol. The maximum atomic E-state index is 12.3. The molecule has 1 aromatic carbocycles. The van der Waals surface area contributed by atoms with Crippen LogP contribution in [-0.4, -0.2) is 30.4 Å². The van der Waals surface area contributed by atoms with Gasteiger partial charge in [-0.1, -0.05) is 43.3 Å². The number of nitrogens with one attached hydrogen (secondary N) is 1. The molecule has 3 nitrogen and oxygen atoms in total. The zero-order chi connectivity index (χ0) is 19.1. The highest BCUT2D eigenvalue weighted by atomic mass is 16.1. The van der Waals surface area contributed by atoms with E-state index in [-0.39, 0.29) is 18.8 Å². The molecule has 2 fully saturated rings.